The molecular formula is C14H16BNO3. The molecule has 0 amide bonds. The van der Waals surface area contributed by atoms with E-state index in [2.05, 4.69) is 4.98 Å². The third kappa shape index (κ3) is 3.33. The smallest absolute Gasteiger partial charge is 0.487 e. The van der Waals surface area contributed by atoms with Crippen molar-refractivity contribution >= 4 is 12.6 Å². The number of aryl methyl sites for hydroxylation is 2. The minimum absolute atomic E-state index is 0.396. The van der Waals surface area contributed by atoms with Gasteiger partial charge in [0.25, 0.3) is 0 Å². The minimum atomic E-state index is -1.45. The first-order valence-electron chi connectivity index (χ1n) is 6.08. The molecule has 0 aliphatic heterocycles. The second kappa shape index (κ2) is 5.86. The molecule has 0 aliphatic rings. The fraction of sp³-hybridized carbons (Fsp3) is 0.214. The van der Waals surface area contributed by atoms with E-state index in [1.54, 1.807) is 24.4 Å². The van der Waals surface area contributed by atoms with Crippen LogP contribution in [0.25, 0.3) is 0 Å². The number of nitrogens with zero attached hydrogens (tertiary/aromatic N) is 1. The predicted molar refractivity (Wildman–Crippen MR) is 74.3 cm³/mol. The molecule has 0 bridgehead atoms. The van der Waals surface area contributed by atoms with Gasteiger partial charge < -0.3 is 14.8 Å². The highest BCUT2D eigenvalue weighted by Gasteiger charge is 2.14. The van der Waals surface area contributed by atoms with Crippen LogP contribution in [0.5, 0.6) is 5.75 Å². The molecule has 1 aromatic heterocycles. The van der Waals surface area contributed by atoms with E-state index in [9.17, 15) is 0 Å². The van der Waals surface area contributed by atoms with Crippen LogP contribution in [0.2, 0.25) is 0 Å². The number of hydrogen-bond acceptors (Lipinski definition) is 4. The van der Waals surface area contributed by atoms with Crippen LogP contribution in [-0.4, -0.2) is 22.2 Å². The first-order chi connectivity index (χ1) is 9.08. The lowest BCUT2D eigenvalue weighted by molar-refractivity contribution is 0.300. The van der Waals surface area contributed by atoms with Crippen LogP contribution >= 0.6 is 0 Å². The minimum Gasteiger partial charge on any atom is -0.487 e. The monoisotopic (exact) mass is 257 g/mol. The summed E-state index contributed by atoms with van der Waals surface area (Å²) in [6.07, 6.45) is 1.74. The van der Waals surface area contributed by atoms with Gasteiger partial charge in [-0.25, -0.2) is 0 Å². The number of rotatable bonds is 4. The molecule has 0 unspecified atom stereocenters. The molecule has 0 aliphatic carbocycles. The molecule has 0 fully saturated rings. The molecule has 5 heteroatoms. The lowest BCUT2D eigenvalue weighted by atomic mass is 9.77. The Bertz CT molecular complexity index is 572. The van der Waals surface area contributed by atoms with Crippen LogP contribution in [0.15, 0.2) is 36.5 Å². The molecule has 0 spiro atoms. The van der Waals surface area contributed by atoms with Gasteiger partial charge in [-0.3, -0.25) is 4.98 Å². The highest BCUT2D eigenvalue weighted by atomic mass is 16.5. The first kappa shape index (κ1) is 13.6. The summed E-state index contributed by atoms with van der Waals surface area (Å²) >= 11 is 0. The van der Waals surface area contributed by atoms with Gasteiger partial charge in [-0.1, -0.05) is 12.1 Å². The molecule has 0 atom stereocenters. The molecule has 0 radical (unpaired) electrons. The molecule has 4 nitrogen and oxygen atoms in total. The van der Waals surface area contributed by atoms with Crippen LogP contribution < -0.4 is 10.2 Å². The van der Waals surface area contributed by atoms with E-state index >= 15 is 0 Å². The van der Waals surface area contributed by atoms with E-state index in [1.807, 2.05) is 26.0 Å². The topological polar surface area (TPSA) is 62.6 Å². The van der Waals surface area contributed by atoms with Crippen molar-refractivity contribution in [2.75, 3.05) is 0 Å². The van der Waals surface area contributed by atoms with Crippen molar-refractivity contribution in [1.29, 1.82) is 0 Å². The largest absolute Gasteiger partial charge is 0.488 e. The highest BCUT2D eigenvalue weighted by molar-refractivity contribution is 6.59. The van der Waals surface area contributed by atoms with E-state index in [4.69, 9.17) is 14.8 Å². The number of benzene rings is 1. The SMILES string of the molecule is Cc1cc(OCc2ncccc2C)ccc1B(O)O. The molecule has 2 aromatic rings. The molecule has 0 saturated heterocycles. The molecule has 1 heterocycles. The number of aromatic nitrogens is 1. The molecule has 19 heavy (non-hydrogen) atoms. The molecule has 2 rings (SSSR count). The van der Waals surface area contributed by atoms with Gasteiger partial charge in [0, 0.05) is 6.20 Å². The van der Waals surface area contributed by atoms with Crippen molar-refractivity contribution in [1.82, 2.24) is 4.98 Å². The summed E-state index contributed by atoms with van der Waals surface area (Å²) in [4.78, 5) is 4.26. The van der Waals surface area contributed by atoms with E-state index in [0.29, 0.717) is 17.8 Å². The summed E-state index contributed by atoms with van der Waals surface area (Å²) in [6.45, 7) is 4.20. The van der Waals surface area contributed by atoms with Crippen molar-refractivity contribution in [3.8, 4) is 5.75 Å². The third-order valence-corrected chi connectivity index (χ3v) is 3.01. The number of hydrogen-bond donors (Lipinski definition) is 2. The maximum atomic E-state index is 9.14. The van der Waals surface area contributed by atoms with Crippen molar-refractivity contribution in [3.05, 3.63) is 53.3 Å². The highest BCUT2D eigenvalue weighted by Crippen LogP contribution is 2.14. The van der Waals surface area contributed by atoms with Gasteiger partial charge in [0.2, 0.25) is 0 Å². The van der Waals surface area contributed by atoms with Gasteiger partial charge in [-0.2, -0.15) is 0 Å². The Morgan fingerprint density at radius 2 is 1.95 bits per heavy atom. The molecule has 1 aromatic carbocycles. The average Bonchev–Trinajstić information content (AvgIpc) is 2.37. The lowest BCUT2D eigenvalue weighted by Gasteiger charge is -2.10. The summed E-state index contributed by atoms with van der Waals surface area (Å²) in [5.74, 6) is 0.687. The van der Waals surface area contributed by atoms with Crippen LogP contribution in [-0.2, 0) is 6.61 Å². The van der Waals surface area contributed by atoms with Crippen molar-refractivity contribution < 1.29 is 14.8 Å². The zero-order chi connectivity index (χ0) is 13.8. The van der Waals surface area contributed by atoms with Gasteiger partial charge >= 0.3 is 7.12 Å². The Balaban J connectivity index is 2.08. The van der Waals surface area contributed by atoms with Gasteiger partial charge in [0.05, 0.1) is 5.69 Å². The number of ether oxygens (including phenoxy) is 1. The van der Waals surface area contributed by atoms with Crippen LogP contribution in [0.4, 0.5) is 0 Å². The predicted octanol–water partition coefficient (Wildman–Crippen LogP) is 0.957. The molecule has 0 saturated carbocycles. The van der Waals surface area contributed by atoms with Crippen LogP contribution in [0.1, 0.15) is 16.8 Å². The molecule has 2 N–H and O–H groups in total. The molecule has 98 valence electrons. The lowest BCUT2D eigenvalue weighted by Crippen LogP contribution is -2.31. The van der Waals surface area contributed by atoms with Crippen molar-refractivity contribution in [2.45, 2.75) is 20.5 Å². The first-order valence-corrected chi connectivity index (χ1v) is 6.08. The second-order valence-electron chi connectivity index (χ2n) is 4.45. The zero-order valence-corrected chi connectivity index (χ0v) is 11.0. The van der Waals surface area contributed by atoms with Crippen LogP contribution in [0, 0.1) is 13.8 Å². The maximum Gasteiger partial charge on any atom is 0.488 e. The quantitative estimate of drug-likeness (QED) is 0.801. The second-order valence-corrected chi connectivity index (χ2v) is 4.45. The maximum absolute atomic E-state index is 9.14. The Hall–Kier alpha value is -1.85. The standard InChI is InChI=1S/C14H16BNO3/c1-10-4-3-7-16-14(10)9-19-12-5-6-13(15(17)18)11(2)8-12/h3-8,17-18H,9H2,1-2H3. The van der Waals surface area contributed by atoms with E-state index in [1.165, 1.54) is 0 Å². The third-order valence-electron chi connectivity index (χ3n) is 3.01. The summed E-state index contributed by atoms with van der Waals surface area (Å²) in [5.41, 5.74) is 3.25. The Labute approximate surface area is 112 Å². The summed E-state index contributed by atoms with van der Waals surface area (Å²) in [6, 6.07) is 9.04. The van der Waals surface area contributed by atoms with Gasteiger partial charge in [0.15, 0.2) is 0 Å². The van der Waals surface area contributed by atoms with E-state index < -0.39 is 7.12 Å². The summed E-state index contributed by atoms with van der Waals surface area (Å²) in [5, 5.41) is 18.3. The normalized spacial score (nSPS) is 10.3. The van der Waals surface area contributed by atoms with Crippen LogP contribution in [0.3, 0.4) is 0 Å². The average molecular weight is 257 g/mol. The van der Waals surface area contributed by atoms with Gasteiger partial charge in [-0.15, -0.1) is 0 Å². The Morgan fingerprint density at radius 3 is 2.58 bits per heavy atom. The van der Waals surface area contributed by atoms with Gasteiger partial charge in [0.1, 0.15) is 12.4 Å². The van der Waals surface area contributed by atoms with Crippen molar-refractivity contribution in [3.63, 3.8) is 0 Å². The Morgan fingerprint density at radius 1 is 1.16 bits per heavy atom. The Kier molecular flexibility index (Phi) is 4.19. The zero-order valence-electron chi connectivity index (χ0n) is 11.0. The fourth-order valence-corrected chi connectivity index (χ4v) is 1.85. The van der Waals surface area contributed by atoms with E-state index in [0.717, 1.165) is 16.8 Å². The van der Waals surface area contributed by atoms with E-state index in [-0.39, 0.29) is 0 Å². The fourth-order valence-electron chi connectivity index (χ4n) is 1.85. The molecular weight excluding hydrogens is 241 g/mol. The van der Waals surface area contributed by atoms with Crippen molar-refractivity contribution in [2.24, 2.45) is 0 Å². The summed E-state index contributed by atoms with van der Waals surface area (Å²) < 4.78 is 5.66. The van der Waals surface area contributed by atoms with Gasteiger partial charge in [-0.05, 0) is 48.6 Å². The summed E-state index contributed by atoms with van der Waals surface area (Å²) in [7, 11) is -1.45. The number of pyridine rings is 1.